The van der Waals surface area contributed by atoms with Crippen LogP contribution in [0.3, 0.4) is 0 Å². The zero-order valence-corrected chi connectivity index (χ0v) is 30.1. The smallest absolute Gasteiger partial charge is 0.246 e. The van der Waals surface area contributed by atoms with Crippen LogP contribution in [0.2, 0.25) is 0 Å². The van der Waals surface area contributed by atoms with Crippen LogP contribution >= 0.6 is 0 Å². The molecular formula is C36H47FN8O4S. The SMILES string of the molecule is C=CC(=O)N1CCCC1c1cnc(N2CC(C3CCCC(C)(C)S3(=O)=O)C2C)c2cnc(Nc3ccnc(N4CC[C@@H](OC)[C@@H](F)C4)n3)cc12. The molecule has 3 aromatic rings. The van der Waals surface area contributed by atoms with Gasteiger partial charge in [0.15, 0.2) is 9.84 Å². The van der Waals surface area contributed by atoms with Crippen molar-refractivity contribution >= 4 is 49.9 Å². The lowest BCUT2D eigenvalue weighted by Crippen LogP contribution is -2.63. The largest absolute Gasteiger partial charge is 0.378 e. The van der Waals surface area contributed by atoms with Gasteiger partial charge in [0.25, 0.3) is 0 Å². The number of piperidine rings is 1. The quantitative estimate of drug-likeness (QED) is 0.312. The lowest BCUT2D eigenvalue weighted by atomic mass is 9.83. The van der Waals surface area contributed by atoms with Crippen LogP contribution in [0, 0.1) is 5.92 Å². The number of anilines is 4. The first-order valence-electron chi connectivity index (χ1n) is 17.7. The number of alkyl halides is 1. The zero-order valence-electron chi connectivity index (χ0n) is 29.3. The van der Waals surface area contributed by atoms with Crippen LogP contribution in [0.15, 0.2) is 43.4 Å². The Bertz CT molecular complexity index is 1890. The Balaban J connectivity index is 1.21. The predicted octanol–water partition coefficient (Wildman–Crippen LogP) is 5.15. The van der Waals surface area contributed by atoms with E-state index in [4.69, 9.17) is 14.7 Å². The van der Waals surface area contributed by atoms with Gasteiger partial charge in [0, 0.05) is 68.2 Å². The molecule has 0 bridgehead atoms. The maximum absolute atomic E-state index is 14.7. The van der Waals surface area contributed by atoms with Crippen molar-refractivity contribution in [2.45, 2.75) is 93.7 Å². The first kappa shape index (κ1) is 34.5. The fourth-order valence-corrected chi connectivity index (χ4v) is 10.9. The average Bonchev–Trinajstić information content (AvgIpc) is 3.59. The van der Waals surface area contributed by atoms with Gasteiger partial charge in [-0.05, 0) is 76.5 Å². The second-order valence-electron chi connectivity index (χ2n) is 14.7. The number of pyridine rings is 2. The highest BCUT2D eigenvalue weighted by molar-refractivity contribution is 7.93. The molecular weight excluding hydrogens is 660 g/mol. The van der Waals surface area contributed by atoms with Gasteiger partial charge in [-0.15, -0.1) is 0 Å². The van der Waals surface area contributed by atoms with Gasteiger partial charge in [-0.25, -0.2) is 27.8 Å². The van der Waals surface area contributed by atoms with E-state index in [2.05, 4.69) is 33.7 Å². The molecule has 6 atom stereocenters. The average molecular weight is 707 g/mol. The van der Waals surface area contributed by atoms with E-state index in [1.165, 1.54) is 13.2 Å². The lowest BCUT2D eigenvalue weighted by Gasteiger charge is -2.52. The van der Waals surface area contributed by atoms with Gasteiger partial charge in [-0.2, -0.15) is 4.98 Å². The molecule has 4 saturated heterocycles. The molecule has 0 aromatic carbocycles. The number of likely N-dealkylation sites (tertiary alicyclic amines) is 1. The molecule has 7 rings (SSSR count). The van der Waals surface area contributed by atoms with E-state index in [0.29, 0.717) is 56.5 Å². The molecule has 0 aliphatic carbocycles. The fourth-order valence-electron chi connectivity index (χ4n) is 8.44. The number of sulfone groups is 1. The van der Waals surface area contributed by atoms with Crippen LogP contribution in [0.4, 0.5) is 27.8 Å². The second kappa shape index (κ2) is 13.3. The summed E-state index contributed by atoms with van der Waals surface area (Å²) in [5.41, 5.74) is 0.918. The second-order valence-corrected chi connectivity index (χ2v) is 17.5. The number of amides is 1. The summed E-state index contributed by atoms with van der Waals surface area (Å²) in [6.07, 6.45) is 9.59. The van der Waals surface area contributed by atoms with Crippen molar-refractivity contribution in [2.75, 3.05) is 48.4 Å². The Labute approximate surface area is 293 Å². The lowest BCUT2D eigenvalue weighted by molar-refractivity contribution is -0.126. The summed E-state index contributed by atoms with van der Waals surface area (Å²) in [6, 6.07) is 3.51. The highest BCUT2D eigenvalue weighted by atomic mass is 32.2. The van der Waals surface area contributed by atoms with Gasteiger partial charge < -0.3 is 24.8 Å². The van der Waals surface area contributed by atoms with Crippen molar-refractivity contribution in [2.24, 2.45) is 5.92 Å². The van der Waals surface area contributed by atoms with E-state index in [1.807, 2.05) is 35.9 Å². The van der Waals surface area contributed by atoms with E-state index in [9.17, 15) is 17.6 Å². The Morgan fingerprint density at radius 1 is 1.08 bits per heavy atom. The molecule has 1 amide bonds. The monoisotopic (exact) mass is 706 g/mol. The number of aromatic nitrogens is 4. The number of carbonyl (C=O) groups excluding carboxylic acids is 1. The standard InChI is InChI=1S/C36H47FN8O4S/c1-6-33(46)44-15-8-9-28(44)24-18-40-34(45-20-26(22(45)2)30-10-7-13-36(3,4)50(30,47)48)25-19-39-32(17-23(24)25)41-31-11-14-38-35(42-31)43-16-12-29(49-5)27(37)21-43/h6,11,14,17-19,22,26-30H,1,7-10,12-13,15-16,20-21H2,2-5H3,(H,38,39,41,42)/t22?,26?,27-,28?,29+,30?/m0/s1. The number of carbonyl (C=O) groups is 1. The minimum Gasteiger partial charge on any atom is -0.378 e. The number of hydrogen-bond acceptors (Lipinski definition) is 11. The number of nitrogens with zero attached hydrogens (tertiary/aromatic N) is 7. The molecule has 4 aliphatic rings. The van der Waals surface area contributed by atoms with Crippen LogP contribution in [0.5, 0.6) is 0 Å². The number of nitrogens with one attached hydrogen (secondary N) is 1. The van der Waals surface area contributed by atoms with Gasteiger partial charge in [0.1, 0.15) is 23.6 Å². The molecule has 0 radical (unpaired) electrons. The maximum atomic E-state index is 14.7. The van der Waals surface area contributed by atoms with Crippen LogP contribution < -0.4 is 15.1 Å². The van der Waals surface area contributed by atoms with Crippen molar-refractivity contribution < 1.29 is 22.3 Å². The van der Waals surface area contributed by atoms with E-state index in [1.54, 1.807) is 18.5 Å². The van der Waals surface area contributed by atoms with E-state index >= 15 is 0 Å². The number of methoxy groups -OCH3 is 1. The van der Waals surface area contributed by atoms with Crippen LogP contribution in [0.1, 0.15) is 70.9 Å². The third kappa shape index (κ3) is 5.97. The van der Waals surface area contributed by atoms with Crippen LogP contribution in [0.25, 0.3) is 10.8 Å². The summed E-state index contributed by atoms with van der Waals surface area (Å²) in [7, 11) is -1.75. The van der Waals surface area contributed by atoms with Crippen molar-refractivity contribution in [1.82, 2.24) is 24.8 Å². The summed E-state index contributed by atoms with van der Waals surface area (Å²) < 4.78 is 46.4. The molecule has 3 aromatic heterocycles. The molecule has 7 heterocycles. The molecule has 1 N–H and O–H groups in total. The molecule has 268 valence electrons. The topological polar surface area (TPSA) is 134 Å². The summed E-state index contributed by atoms with van der Waals surface area (Å²) in [4.78, 5) is 37.5. The number of hydrogen-bond donors (Lipinski definition) is 1. The molecule has 12 nitrogen and oxygen atoms in total. The highest BCUT2D eigenvalue weighted by Gasteiger charge is 2.52. The summed E-state index contributed by atoms with van der Waals surface area (Å²) in [6.45, 7) is 11.5. The van der Waals surface area contributed by atoms with Gasteiger partial charge in [-0.3, -0.25) is 4.79 Å². The molecule has 50 heavy (non-hydrogen) atoms. The summed E-state index contributed by atoms with van der Waals surface area (Å²) in [5, 5.41) is 4.69. The van der Waals surface area contributed by atoms with Crippen molar-refractivity contribution in [3.8, 4) is 0 Å². The first-order chi connectivity index (χ1) is 23.9. The minimum absolute atomic E-state index is 0.0143. The van der Waals surface area contributed by atoms with Crippen molar-refractivity contribution in [3.63, 3.8) is 0 Å². The third-order valence-electron chi connectivity index (χ3n) is 11.5. The predicted molar refractivity (Wildman–Crippen MR) is 192 cm³/mol. The Hall–Kier alpha value is -3.91. The first-order valence-corrected chi connectivity index (χ1v) is 19.2. The number of halogens is 1. The Kier molecular flexibility index (Phi) is 9.21. The summed E-state index contributed by atoms with van der Waals surface area (Å²) in [5.74, 6) is 2.14. The van der Waals surface area contributed by atoms with Gasteiger partial charge in [-0.1, -0.05) is 13.0 Å². The van der Waals surface area contributed by atoms with Gasteiger partial charge in [0.2, 0.25) is 11.9 Å². The van der Waals surface area contributed by atoms with E-state index in [-0.39, 0.29) is 35.7 Å². The van der Waals surface area contributed by atoms with Gasteiger partial charge >= 0.3 is 0 Å². The number of ether oxygens (including phenoxy) is 1. The number of fused-ring (bicyclic) bond motifs is 1. The molecule has 0 saturated carbocycles. The molecule has 4 fully saturated rings. The van der Waals surface area contributed by atoms with E-state index < -0.39 is 26.9 Å². The molecule has 4 aliphatic heterocycles. The van der Waals surface area contributed by atoms with E-state index in [0.717, 1.165) is 41.4 Å². The maximum Gasteiger partial charge on any atom is 0.246 e. The van der Waals surface area contributed by atoms with Crippen LogP contribution in [-0.4, -0.2) is 101 Å². The zero-order chi connectivity index (χ0) is 35.4. The minimum atomic E-state index is -3.28. The Morgan fingerprint density at radius 2 is 1.90 bits per heavy atom. The number of rotatable bonds is 8. The molecule has 14 heteroatoms. The van der Waals surface area contributed by atoms with Gasteiger partial charge in [0.05, 0.1) is 28.7 Å². The highest BCUT2D eigenvalue weighted by Crippen LogP contribution is 2.46. The van der Waals surface area contributed by atoms with Crippen molar-refractivity contribution in [1.29, 1.82) is 0 Å². The summed E-state index contributed by atoms with van der Waals surface area (Å²) >= 11 is 0. The fraction of sp³-hybridized carbons (Fsp3) is 0.583. The third-order valence-corrected chi connectivity index (χ3v) is 14.6. The Morgan fingerprint density at radius 3 is 2.64 bits per heavy atom. The normalized spacial score (nSPS) is 29.1. The van der Waals surface area contributed by atoms with Crippen molar-refractivity contribution in [3.05, 3.63) is 48.9 Å². The molecule has 4 unspecified atom stereocenters. The van der Waals surface area contributed by atoms with Crippen LogP contribution in [-0.2, 0) is 19.4 Å². The molecule has 0 spiro atoms.